The standard InChI is InChI=1S/C22H24Br2S/c1-15(2)11-21(17-7-5-9-19(23)13-17)25-22(12-16(3)4)18-8-6-10-20(24)14-18/h5-14,21-22H,1-4H3. The number of thioether (sulfide) groups is 1. The Kier molecular flexibility index (Phi) is 8.05. The third-order valence-corrected chi connectivity index (χ3v) is 6.01. The van der Waals surface area contributed by atoms with Gasteiger partial charge >= 0.3 is 0 Å². The second-order valence-electron chi connectivity index (χ2n) is 6.58. The van der Waals surface area contributed by atoms with Crippen LogP contribution in [0.2, 0.25) is 0 Å². The molecule has 3 heteroatoms. The average molecular weight is 480 g/mol. The molecule has 132 valence electrons. The molecular weight excluding hydrogens is 456 g/mol. The molecule has 2 rings (SSSR count). The molecule has 0 radical (unpaired) electrons. The van der Waals surface area contributed by atoms with Gasteiger partial charge in [0.25, 0.3) is 0 Å². The van der Waals surface area contributed by atoms with Gasteiger partial charge in [-0.25, -0.2) is 0 Å². The van der Waals surface area contributed by atoms with Crippen LogP contribution >= 0.6 is 43.6 Å². The predicted molar refractivity (Wildman–Crippen MR) is 120 cm³/mol. The van der Waals surface area contributed by atoms with Gasteiger partial charge in [-0.15, -0.1) is 11.8 Å². The number of benzene rings is 2. The molecule has 0 aromatic heterocycles. The Balaban J connectivity index is 2.41. The van der Waals surface area contributed by atoms with E-state index in [4.69, 9.17) is 0 Å². The van der Waals surface area contributed by atoms with E-state index in [1.165, 1.54) is 22.3 Å². The van der Waals surface area contributed by atoms with Crippen molar-refractivity contribution >= 4 is 43.6 Å². The molecule has 0 bridgehead atoms. The highest BCUT2D eigenvalue weighted by molar-refractivity contribution is 9.10. The summed E-state index contributed by atoms with van der Waals surface area (Å²) in [5.41, 5.74) is 5.32. The van der Waals surface area contributed by atoms with Crippen LogP contribution in [0.25, 0.3) is 0 Å². The van der Waals surface area contributed by atoms with Gasteiger partial charge in [-0.1, -0.05) is 79.4 Å². The maximum Gasteiger partial charge on any atom is 0.0489 e. The Labute approximate surface area is 173 Å². The lowest BCUT2D eigenvalue weighted by molar-refractivity contribution is 1.12. The predicted octanol–water partition coefficient (Wildman–Crippen LogP) is 8.66. The lowest BCUT2D eigenvalue weighted by Gasteiger charge is -2.21. The van der Waals surface area contributed by atoms with Crippen LogP contribution in [0.1, 0.15) is 49.3 Å². The number of allylic oxidation sites excluding steroid dienone is 2. The Bertz CT molecular complexity index is 704. The molecule has 25 heavy (non-hydrogen) atoms. The van der Waals surface area contributed by atoms with Gasteiger partial charge in [0, 0.05) is 19.4 Å². The van der Waals surface area contributed by atoms with E-state index in [9.17, 15) is 0 Å². The molecule has 0 aliphatic heterocycles. The molecule has 0 aliphatic carbocycles. The van der Waals surface area contributed by atoms with Crippen molar-refractivity contribution in [2.24, 2.45) is 0 Å². The molecule has 0 saturated carbocycles. The zero-order valence-corrected chi connectivity index (χ0v) is 19.1. The maximum atomic E-state index is 3.61. The largest absolute Gasteiger partial charge is 0.137 e. The number of halogens is 2. The average Bonchev–Trinajstić information content (AvgIpc) is 2.52. The minimum Gasteiger partial charge on any atom is -0.137 e. The highest BCUT2D eigenvalue weighted by Crippen LogP contribution is 2.44. The SMILES string of the molecule is CC(C)=CC(SC(C=C(C)C)c1cccc(Br)c1)c1cccc(Br)c1. The van der Waals surface area contributed by atoms with E-state index in [2.05, 4.69) is 120 Å². The molecule has 2 aromatic rings. The van der Waals surface area contributed by atoms with Crippen LogP contribution in [-0.4, -0.2) is 0 Å². The summed E-state index contributed by atoms with van der Waals surface area (Å²) in [5.74, 6) is 0. The molecule has 2 aromatic carbocycles. The summed E-state index contributed by atoms with van der Waals surface area (Å²) in [5, 5.41) is 0.615. The first-order chi connectivity index (χ1) is 11.8. The lowest BCUT2D eigenvalue weighted by atomic mass is 10.1. The smallest absolute Gasteiger partial charge is 0.0489 e. The maximum absolute atomic E-state index is 3.61. The first kappa shape index (κ1) is 20.5. The van der Waals surface area contributed by atoms with E-state index < -0.39 is 0 Å². The van der Waals surface area contributed by atoms with Crippen molar-refractivity contribution in [3.05, 3.63) is 91.9 Å². The van der Waals surface area contributed by atoms with Crippen molar-refractivity contribution in [1.29, 1.82) is 0 Å². The van der Waals surface area contributed by atoms with Crippen LogP contribution in [0.3, 0.4) is 0 Å². The van der Waals surface area contributed by atoms with E-state index in [1.807, 2.05) is 11.8 Å². The van der Waals surface area contributed by atoms with Crippen molar-refractivity contribution in [2.45, 2.75) is 38.2 Å². The van der Waals surface area contributed by atoms with Crippen molar-refractivity contribution in [3.8, 4) is 0 Å². The fraction of sp³-hybridized carbons (Fsp3) is 0.273. The highest BCUT2D eigenvalue weighted by Gasteiger charge is 2.18. The van der Waals surface area contributed by atoms with E-state index in [1.54, 1.807) is 0 Å². The van der Waals surface area contributed by atoms with Crippen LogP contribution in [0.5, 0.6) is 0 Å². The van der Waals surface area contributed by atoms with Crippen molar-refractivity contribution in [3.63, 3.8) is 0 Å². The Morgan fingerprint density at radius 1 is 0.760 bits per heavy atom. The third kappa shape index (κ3) is 6.80. The molecule has 2 unspecified atom stereocenters. The van der Waals surface area contributed by atoms with Gasteiger partial charge in [0.05, 0.1) is 0 Å². The van der Waals surface area contributed by atoms with E-state index in [-0.39, 0.29) is 0 Å². The monoisotopic (exact) mass is 478 g/mol. The normalized spacial score (nSPS) is 13.0. The molecule has 0 N–H and O–H groups in total. The molecule has 0 heterocycles. The van der Waals surface area contributed by atoms with Crippen LogP contribution in [0, 0.1) is 0 Å². The van der Waals surface area contributed by atoms with Crippen LogP contribution in [0.4, 0.5) is 0 Å². The molecule has 0 amide bonds. The van der Waals surface area contributed by atoms with Gasteiger partial charge in [-0.2, -0.15) is 0 Å². The molecule has 0 nitrogen and oxygen atoms in total. The quantitative estimate of drug-likeness (QED) is 0.373. The Morgan fingerprint density at radius 2 is 1.16 bits per heavy atom. The first-order valence-electron chi connectivity index (χ1n) is 8.31. The van der Waals surface area contributed by atoms with Gasteiger partial charge in [0.1, 0.15) is 0 Å². The zero-order chi connectivity index (χ0) is 18.4. The molecule has 0 aliphatic rings. The summed E-state index contributed by atoms with van der Waals surface area (Å²) < 4.78 is 2.25. The van der Waals surface area contributed by atoms with Gasteiger partial charge in [-0.3, -0.25) is 0 Å². The molecule has 0 fully saturated rings. The topological polar surface area (TPSA) is 0 Å². The van der Waals surface area contributed by atoms with Gasteiger partial charge in [0.2, 0.25) is 0 Å². The molecule has 0 saturated heterocycles. The minimum atomic E-state index is 0.307. The summed E-state index contributed by atoms with van der Waals surface area (Å²) >= 11 is 9.19. The summed E-state index contributed by atoms with van der Waals surface area (Å²) in [4.78, 5) is 0. The van der Waals surface area contributed by atoms with Crippen molar-refractivity contribution in [2.75, 3.05) is 0 Å². The van der Waals surface area contributed by atoms with Crippen molar-refractivity contribution < 1.29 is 0 Å². The first-order valence-corrected chi connectivity index (χ1v) is 10.8. The van der Waals surface area contributed by atoms with Crippen molar-refractivity contribution in [1.82, 2.24) is 0 Å². The van der Waals surface area contributed by atoms with E-state index >= 15 is 0 Å². The number of hydrogen-bond acceptors (Lipinski definition) is 1. The third-order valence-electron chi connectivity index (χ3n) is 3.62. The van der Waals surface area contributed by atoms with E-state index in [0.29, 0.717) is 10.5 Å². The zero-order valence-electron chi connectivity index (χ0n) is 15.1. The van der Waals surface area contributed by atoms with Gasteiger partial charge in [-0.05, 0) is 63.1 Å². The van der Waals surface area contributed by atoms with Crippen LogP contribution in [0.15, 0.2) is 80.8 Å². The van der Waals surface area contributed by atoms with Gasteiger partial charge < -0.3 is 0 Å². The highest BCUT2D eigenvalue weighted by atomic mass is 79.9. The number of hydrogen-bond donors (Lipinski definition) is 0. The van der Waals surface area contributed by atoms with Crippen LogP contribution in [-0.2, 0) is 0 Å². The summed E-state index contributed by atoms with van der Waals surface area (Å²) in [6.45, 7) is 8.67. The lowest BCUT2D eigenvalue weighted by Crippen LogP contribution is -1.98. The molecular formula is C22H24Br2S. The molecule has 2 atom stereocenters. The summed E-state index contributed by atoms with van der Waals surface area (Å²) in [6, 6.07) is 17.2. The Hall–Kier alpha value is -0.770. The second kappa shape index (κ2) is 9.80. The second-order valence-corrected chi connectivity index (χ2v) is 9.69. The van der Waals surface area contributed by atoms with Crippen LogP contribution < -0.4 is 0 Å². The summed E-state index contributed by atoms with van der Waals surface area (Å²) in [7, 11) is 0. The summed E-state index contributed by atoms with van der Waals surface area (Å²) in [6.07, 6.45) is 4.71. The van der Waals surface area contributed by atoms with E-state index in [0.717, 1.165) is 8.95 Å². The fourth-order valence-electron chi connectivity index (χ4n) is 2.56. The fourth-order valence-corrected chi connectivity index (χ4v) is 5.02. The minimum absolute atomic E-state index is 0.307. The molecule has 0 spiro atoms. The van der Waals surface area contributed by atoms with Gasteiger partial charge in [0.15, 0.2) is 0 Å². The number of rotatable bonds is 6. The Morgan fingerprint density at radius 3 is 1.48 bits per heavy atom.